The quantitative estimate of drug-likeness (QED) is 0.157. The van der Waals surface area contributed by atoms with Crippen LogP contribution in [0, 0.1) is 0 Å². The van der Waals surface area contributed by atoms with Gasteiger partial charge in [-0.1, -0.05) is 149 Å². The number of para-hydroxylation sites is 5. The van der Waals surface area contributed by atoms with Crippen LogP contribution in [0.25, 0.3) is 0 Å². The lowest BCUT2D eigenvalue weighted by atomic mass is 10.0. The summed E-state index contributed by atoms with van der Waals surface area (Å²) in [4.78, 5) is 4.53. The largest absolute Gasteiger partial charge is 0.399 e. The second-order valence-electron chi connectivity index (χ2n) is 12.2. The van der Waals surface area contributed by atoms with Crippen LogP contribution in [0.1, 0.15) is 11.1 Å². The van der Waals surface area contributed by atoms with Gasteiger partial charge in [0.2, 0.25) is 0 Å². The van der Waals surface area contributed by atoms with Gasteiger partial charge in [-0.2, -0.15) is 0 Å². The van der Waals surface area contributed by atoms with Crippen molar-refractivity contribution in [2.75, 3.05) is 15.5 Å². The molecule has 8 aromatic rings. The maximum absolute atomic E-state index is 5.36. The smallest absolute Gasteiger partial charge is 0.0462 e. The minimum atomic E-state index is 0.822. The lowest BCUT2D eigenvalue weighted by Crippen LogP contribution is -2.09. The zero-order chi connectivity index (χ0) is 36.5. The average molecular weight is 753 g/mol. The molecule has 0 aliphatic heterocycles. The predicted molar refractivity (Wildman–Crippen MR) is 230 cm³/mol. The second-order valence-corrected chi connectivity index (χ2v) is 13.1. The van der Waals surface area contributed by atoms with E-state index in [4.69, 9.17) is 5.73 Å². The topological polar surface area (TPSA) is 32.5 Å². The lowest BCUT2D eigenvalue weighted by Gasteiger charge is -2.25. The third-order valence-electron chi connectivity index (χ3n) is 8.39. The maximum atomic E-state index is 5.36. The number of hydrogen-bond acceptors (Lipinski definition) is 3. The van der Waals surface area contributed by atoms with E-state index in [1.54, 1.807) is 0 Å². The molecular formula is C49H42BrN3. The van der Waals surface area contributed by atoms with Gasteiger partial charge >= 0.3 is 0 Å². The van der Waals surface area contributed by atoms with Crippen LogP contribution >= 0.6 is 15.9 Å². The van der Waals surface area contributed by atoms with E-state index in [0.717, 1.165) is 45.0 Å². The lowest BCUT2D eigenvalue weighted by molar-refractivity contribution is 1.18. The van der Waals surface area contributed by atoms with Crippen LogP contribution in [0.15, 0.2) is 235 Å². The Labute approximate surface area is 322 Å². The van der Waals surface area contributed by atoms with Crippen molar-refractivity contribution in [2.24, 2.45) is 0 Å². The Balaban J connectivity index is 0.000000157. The van der Waals surface area contributed by atoms with Gasteiger partial charge in [0.05, 0.1) is 0 Å². The fraction of sp³-hybridized carbons (Fsp3) is 0.0204. The van der Waals surface area contributed by atoms with Crippen molar-refractivity contribution in [3.05, 3.63) is 246 Å². The third-order valence-corrected chi connectivity index (χ3v) is 8.92. The molecule has 0 fully saturated rings. The van der Waals surface area contributed by atoms with Gasteiger partial charge in [-0.25, -0.2) is 0 Å². The molecule has 53 heavy (non-hydrogen) atoms. The normalized spacial score (nSPS) is 10.1. The van der Waals surface area contributed by atoms with Crippen molar-refractivity contribution >= 4 is 55.7 Å². The second kappa shape index (κ2) is 19.3. The van der Waals surface area contributed by atoms with Crippen molar-refractivity contribution in [2.45, 2.75) is 6.42 Å². The number of nitrogen functional groups attached to an aromatic ring is 1. The van der Waals surface area contributed by atoms with Gasteiger partial charge in [0.25, 0.3) is 0 Å². The molecule has 0 radical (unpaired) electrons. The zero-order valence-electron chi connectivity index (χ0n) is 29.5. The molecule has 0 heterocycles. The molecule has 8 aromatic carbocycles. The first-order valence-electron chi connectivity index (χ1n) is 17.6. The molecule has 0 aliphatic carbocycles. The highest BCUT2D eigenvalue weighted by molar-refractivity contribution is 9.10. The van der Waals surface area contributed by atoms with Crippen LogP contribution < -0.4 is 15.5 Å². The molecule has 0 atom stereocenters. The van der Waals surface area contributed by atoms with Crippen LogP contribution in [0.4, 0.5) is 39.8 Å². The first kappa shape index (κ1) is 36.4. The molecule has 0 unspecified atom stereocenters. The van der Waals surface area contributed by atoms with Gasteiger partial charge in [0.1, 0.15) is 0 Å². The number of rotatable bonds is 8. The standard InChI is InChI=1S/C25H21N.C18H14BrN.C6H7N/c1-4-10-21(11-5-1)20-22-16-18-25(19-17-22)26(23-12-6-2-7-13-23)24-14-8-3-9-15-24;19-15-11-13-18(14-12-15)20(16-7-3-1-4-8-16)17-9-5-2-6-10-17;7-6-4-2-1-3-5-6/h1-19H,20H2;1-14H;1-5H,7H2. The highest BCUT2D eigenvalue weighted by Gasteiger charge is 2.12. The molecule has 0 saturated carbocycles. The van der Waals surface area contributed by atoms with Gasteiger partial charge < -0.3 is 15.5 Å². The van der Waals surface area contributed by atoms with Gasteiger partial charge in [-0.05, 0) is 115 Å². The summed E-state index contributed by atoms with van der Waals surface area (Å²) >= 11 is 3.49. The van der Waals surface area contributed by atoms with Crippen molar-refractivity contribution in [1.82, 2.24) is 0 Å². The fourth-order valence-corrected chi connectivity index (χ4v) is 6.10. The molecule has 0 amide bonds. The Hall–Kier alpha value is -6.36. The zero-order valence-corrected chi connectivity index (χ0v) is 31.1. The number of hydrogen-bond donors (Lipinski definition) is 1. The first-order valence-corrected chi connectivity index (χ1v) is 18.4. The maximum Gasteiger partial charge on any atom is 0.0462 e. The predicted octanol–water partition coefficient (Wildman–Crippen LogP) is 13.9. The molecule has 0 spiro atoms. The highest BCUT2D eigenvalue weighted by atomic mass is 79.9. The number of halogens is 1. The van der Waals surface area contributed by atoms with Crippen molar-refractivity contribution in [3.8, 4) is 0 Å². The summed E-state index contributed by atoms with van der Waals surface area (Å²) in [7, 11) is 0. The van der Waals surface area contributed by atoms with E-state index < -0.39 is 0 Å². The van der Waals surface area contributed by atoms with Gasteiger partial charge in [-0.3, -0.25) is 0 Å². The molecule has 0 bridgehead atoms. The van der Waals surface area contributed by atoms with Crippen LogP contribution in [-0.4, -0.2) is 0 Å². The van der Waals surface area contributed by atoms with E-state index in [0.29, 0.717) is 0 Å². The van der Waals surface area contributed by atoms with E-state index >= 15 is 0 Å². The van der Waals surface area contributed by atoms with Gasteiger partial charge in [-0.15, -0.1) is 0 Å². The SMILES string of the molecule is Brc1ccc(N(c2ccccc2)c2ccccc2)cc1.Nc1ccccc1.c1ccc(Cc2ccc(N(c3ccccc3)c3ccccc3)cc2)cc1. The van der Waals surface area contributed by atoms with E-state index in [9.17, 15) is 0 Å². The summed E-state index contributed by atoms with van der Waals surface area (Å²) in [6.07, 6.45) is 0.956. The summed E-state index contributed by atoms with van der Waals surface area (Å²) in [6.45, 7) is 0. The molecule has 0 aliphatic rings. The van der Waals surface area contributed by atoms with Crippen molar-refractivity contribution < 1.29 is 0 Å². The number of nitrogens with two attached hydrogens (primary N) is 1. The molecule has 0 aromatic heterocycles. The summed E-state index contributed by atoms with van der Waals surface area (Å²) in [6, 6.07) is 79.1. The van der Waals surface area contributed by atoms with Gasteiger partial charge in [0, 0.05) is 44.3 Å². The monoisotopic (exact) mass is 751 g/mol. The summed E-state index contributed by atoms with van der Waals surface area (Å²) < 4.78 is 1.09. The molecular weight excluding hydrogens is 710 g/mol. The Kier molecular flexibility index (Phi) is 13.3. The first-order chi connectivity index (χ1) is 26.1. The molecule has 0 saturated heterocycles. The fourth-order valence-electron chi connectivity index (χ4n) is 5.84. The minimum absolute atomic E-state index is 0.822. The number of nitrogens with zero attached hydrogens (tertiary/aromatic N) is 2. The van der Waals surface area contributed by atoms with Crippen LogP contribution in [-0.2, 0) is 6.42 Å². The van der Waals surface area contributed by atoms with E-state index in [1.165, 1.54) is 16.8 Å². The molecule has 260 valence electrons. The van der Waals surface area contributed by atoms with Crippen molar-refractivity contribution in [3.63, 3.8) is 0 Å². The molecule has 2 N–H and O–H groups in total. The van der Waals surface area contributed by atoms with Crippen molar-refractivity contribution in [1.29, 1.82) is 0 Å². The third kappa shape index (κ3) is 10.8. The summed E-state index contributed by atoms with van der Waals surface area (Å²) in [5.41, 5.74) is 15.8. The number of benzene rings is 8. The Morgan fingerprint density at radius 2 is 0.566 bits per heavy atom. The molecule has 8 rings (SSSR count). The molecule has 4 heteroatoms. The Morgan fingerprint density at radius 3 is 0.887 bits per heavy atom. The summed E-state index contributed by atoms with van der Waals surface area (Å²) in [5, 5.41) is 0. The Morgan fingerprint density at radius 1 is 0.302 bits per heavy atom. The average Bonchev–Trinajstić information content (AvgIpc) is 3.22. The van der Waals surface area contributed by atoms with Gasteiger partial charge in [0.15, 0.2) is 0 Å². The molecule has 3 nitrogen and oxygen atoms in total. The minimum Gasteiger partial charge on any atom is -0.399 e. The Bertz CT molecular complexity index is 2100. The number of anilines is 7. The summed E-state index contributed by atoms with van der Waals surface area (Å²) in [5.74, 6) is 0. The van der Waals surface area contributed by atoms with Crippen LogP contribution in [0.2, 0.25) is 0 Å². The van der Waals surface area contributed by atoms with E-state index in [2.05, 4.69) is 214 Å². The van der Waals surface area contributed by atoms with Crippen LogP contribution in [0.5, 0.6) is 0 Å². The van der Waals surface area contributed by atoms with E-state index in [-0.39, 0.29) is 0 Å². The van der Waals surface area contributed by atoms with E-state index in [1.807, 2.05) is 42.5 Å². The highest BCUT2D eigenvalue weighted by Crippen LogP contribution is 2.35. The van der Waals surface area contributed by atoms with Crippen LogP contribution in [0.3, 0.4) is 0 Å².